The number of rotatable bonds is 4. The lowest BCUT2D eigenvalue weighted by Gasteiger charge is -2.24. The lowest BCUT2D eigenvalue weighted by atomic mass is 10.1. The first-order valence-corrected chi connectivity index (χ1v) is 8.50. The van der Waals surface area contributed by atoms with E-state index in [1.165, 1.54) is 0 Å². The van der Waals surface area contributed by atoms with Crippen molar-refractivity contribution in [2.45, 2.75) is 11.8 Å². The van der Waals surface area contributed by atoms with Crippen LogP contribution in [0.25, 0.3) is 0 Å². The van der Waals surface area contributed by atoms with E-state index in [0.29, 0.717) is 17.3 Å². The molecule has 114 valence electrons. The average molecular weight is 334 g/mol. The summed E-state index contributed by atoms with van der Waals surface area (Å²) in [7, 11) is 0. The van der Waals surface area contributed by atoms with Crippen molar-refractivity contribution in [3.05, 3.63) is 64.7 Å². The monoisotopic (exact) mass is 333 g/mol. The Bertz CT molecular complexity index is 657. The predicted molar refractivity (Wildman–Crippen MR) is 90.2 cm³/mol. The Morgan fingerprint density at radius 2 is 1.82 bits per heavy atom. The normalized spacial score (nSPS) is 18.0. The van der Waals surface area contributed by atoms with Crippen LogP contribution in [0.3, 0.4) is 0 Å². The van der Waals surface area contributed by atoms with E-state index in [1.807, 2.05) is 41.3 Å². The number of carbonyl (C=O) groups is 1. The summed E-state index contributed by atoms with van der Waals surface area (Å²) in [6, 6.07) is 14.8. The summed E-state index contributed by atoms with van der Waals surface area (Å²) >= 11 is 7.58. The van der Waals surface area contributed by atoms with Gasteiger partial charge >= 0.3 is 0 Å². The van der Waals surface area contributed by atoms with Crippen LogP contribution >= 0.6 is 23.4 Å². The Labute approximate surface area is 138 Å². The lowest BCUT2D eigenvalue weighted by molar-refractivity contribution is -0.128. The van der Waals surface area contributed by atoms with Crippen molar-refractivity contribution in [1.29, 1.82) is 0 Å². The fraction of sp³-hybridized carbons (Fsp3) is 0.235. The lowest BCUT2D eigenvalue weighted by Crippen LogP contribution is -2.30. The van der Waals surface area contributed by atoms with Gasteiger partial charge in [0.2, 0.25) is 5.91 Å². The molecule has 1 fully saturated rings. The number of nitrogens with zero attached hydrogens (tertiary/aromatic N) is 1. The molecule has 3 nitrogen and oxygen atoms in total. The number of hydrogen-bond acceptors (Lipinski definition) is 3. The SMILES string of the molecule is O=C1CSC(c2ccc(Cl)cc2)N1CCc1ccc(O)cc1. The van der Waals surface area contributed by atoms with E-state index in [2.05, 4.69) is 0 Å². The van der Waals surface area contributed by atoms with Gasteiger partial charge in [-0.2, -0.15) is 0 Å². The number of phenols is 1. The first kappa shape index (κ1) is 15.3. The Hall–Kier alpha value is -1.65. The summed E-state index contributed by atoms with van der Waals surface area (Å²) in [5.41, 5.74) is 2.21. The van der Waals surface area contributed by atoms with Crippen LogP contribution in [0.4, 0.5) is 0 Å². The summed E-state index contributed by atoms with van der Waals surface area (Å²) in [6.07, 6.45) is 0.774. The second kappa shape index (κ2) is 6.63. The van der Waals surface area contributed by atoms with Gasteiger partial charge < -0.3 is 10.0 Å². The quantitative estimate of drug-likeness (QED) is 0.923. The fourth-order valence-corrected chi connectivity index (χ4v) is 3.86. The molecule has 2 aromatic carbocycles. The van der Waals surface area contributed by atoms with Gasteiger partial charge in [-0.25, -0.2) is 0 Å². The molecule has 3 rings (SSSR count). The molecule has 1 aliphatic heterocycles. The average Bonchev–Trinajstić information content (AvgIpc) is 2.89. The van der Waals surface area contributed by atoms with Gasteiger partial charge in [0.25, 0.3) is 0 Å². The third-order valence-corrected chi connectivity index (χ3v) is 5.21. The zero-order valence-electron chi connectivity index (χ0n) is 11.9. The van der Waals surface area contributed by atoms with Crippen molar-refractivity contribution in [2.24, 2.45) is 0 Å². The number of halogens is 1. The van der Waals surface area contributed by atoms with Gasteiger partial charge in [0.15, 0.2) is 0 Å². The second-order valence-electron chi connectivity index (χ2n) is 5.22. The minimum absolute atomic E-state index is 0.0573. The van der Waals surface area contributed by atoms with Crippen LogP contribution in [0.1, 0.15) is 16.5 Å². The topological polar surface area (TPSA) is 40.5 Å². The molecule has 1 aliphatic rings. The second-order valence-corrected chi connectivity index (χ2v) is 6.72. The van der Waals surface area contributed by atoms with Crippen LogP contribution in [-0.4, -0.2) is 28.2 Å². The molecule has 1 N–H and O–H groups in total. The molecular weight excluding hydrogens is 318 g/mol. The number of benzene rings is 2. The number of phenolic OH excluding ortho intramolecular Hbond substituents is 1. The molecule has 0 spiro atoms. The van der Waals surface area contributed by atoms with Crippen LogP contribution in [0.5, 0.6) is 5.75 Å². The molecule has 1 heterocycles. The maximum Gasteiger partial charge on any atom is 0.233 e. The van der Waals surface area contributed by atoms with Gasteiger partial charge in [0.1, 0.15) is 11.1 Å². The molecule has 0 bridgehead atoms. The molecule has 1 saturated heterocycles. The molecule has 0 saturated carbocycles. The summed E-state index contributed by atoms with van der Waals surface area (Å²) in [5.74, 6) is 0.947. The Kier molecular flexibility index (Phi) is 4.60. The van der Waals surface area contributed by atoms with Crippen LogP contribution in [0.15, 0.2) is 48.5 Å². The number of aromatic hydroxyl groups is 1. The van der Waals surface area contributed by atoms with Crippen LogP contribution in [0, 0.1) is 0 Å². The highest BCUT2D eigenvalue weighted by atomic mass is 35.5. The molecule has 22 heavy (non-hydrogen) atoms. The summed E-state index contributed by atoms with van der Waals surface area (Å²) in [4.78, 5) is 14.1. The van der Waals surface area contributed by atoms with E-state index in [4.69, 9.17) is 11.6 Å². The summed E-state index contributed by atoms with van der Waals surface area (Å²) in [5, 5.41) is 10.1. The minimum Gasteiger partial charge on any atom is -0.508 e. The van der Waals surface area contributed by atoms with Crippen molar-refractivity contribution in [3.63, 3.8) is 0 Å². The number of thioether (sulfide) groups is 1. The van der Waals surface area contributed by atoms with E-state index in [9.17, 15) is 9.90 Å². The molecule has 5 heteroatoms. The Morgan fingerprint density at radius 3 is 2.50 bits per heavy atom. The highest BCUT2D eigenvalue weighted by molar-refractivity contribution is 8.00. The van der Waals surface area contributed by atoms with Crippen LogP contribution < -0.4 is 0 Å². The van der Waals surface area contributed by atoms with E-state index in [-0.39, 0.29) is 17.0 Å². The minimum atomic E-state index is 0.0573. The molecule has 1 atom stereocenters. The van der Waals surface area contributed by atoms with Gasteiger partial charge in [-0.05, 0) is 41.8 Å². The van der Waals surface area contributed by atoms with E-state index >= 15 is 0 Å². The first-order chi connectivity index (χ1) is 10.6. The molecule has 1 unspecified atom stereocenters. The summed E-state index contributed by atoms with van der Waals surface area (Å²) < 4.78 is 0. The Morgan fingerprint density at radius 1 is 1.14 bits per heavy atom. The number of carbonyl (C=O) groups excluding carboxylic acids is 1. The van der Waals surface area contributed by atoms with Crippen molar-refractivity contribution >= 4 is 29.3 Å². The zero-order chi connectivity index (χ0) is 15.5. The fourth-order valence-electron chi connectivity index (χ4n) is 2.51. The van der Waals surface area contributed by atoms with Gasteiger partial charge in [-0.15, -0.1) is 11.8 Å². The van der Waals surface area contributed by atoms with E-state index in [1.54, 1.807) is 23.9 Å². The molecule has 0 aromatic heterocycles. The molecule has 0 aliphatic carbocycles. The van der Waals surface area contributed by atoms with Crippen LogP contribution in [-0.2, 0) is 11.2 Å². The Balaban J connectivity index is 1.71. The van der Waals surface area contributed by atoms with Crippen molar-refractivity contribution in [3.8, 4) is 5.75 Å². The van der Waals surface area contributed by atoms with Crippen LogP contribution in [0.2, 0.25) is 5.02 Å². The highest BCUT2D eigenvalue weighted by Crippen LogP contribution is 2.38. The van der Waals surface area contributed by atoms with Crippen molar-refractivity contribution in [2.75, 3.05) is 12.3 Å². The third-order valence-electron chi connectivity index (χ3n) is 3.70. The van der Waals surface area contributed by atoms with Gasteiger partial charge in [0.05, 0.1) is 5.75 Å². The molecule has 1 amide bonds. The number of amides is 1. The van der Waals surface area contributed by atoms with Crippen molar-refractivity contribution < 1.29 is 9.90 Å². The smallest absolute Gasteiger partial charge is 0.233 e. The molecule has 2 aromatic rings. The van der Waals surface area contributed by atoms with Gasteiger partial charge in [-0.1, -0.05) is 35.9 Å². The first-order valence-electron chi connectivity index (χ1n) is 7.08. The zero-order valence-corrected chi connectivity index (χ0v) is 13.5. The largest absolute Gasteiger partial charge is 0.508 e. The van der Waals surface area contributed by atoms with E-state index in [0.717, 1.165) is 17.5 Å². The van der Waals surface area contributed by atoms with Gasteiger partial charge in [0, 0.05) is 11.6 Å². The van der Waals surface area contributed by atoms with Gasteiger partial charge in [-0.3, -0.25) is 4.79 Å². The molecule has 0 radical (unpaired) electrons. The van der Waals surface area contributed by atoms with E-state index < -0.39 is 0 Å². The third kappa shape index (κ3) is 3.39. The predicted octanol–water partition coefficient (Wildman–Crippen LogP) is 3.86. The maximum atomic E-state index is 12.1. The van der Waals surface area contributed by atoms with Crippen molar-refractivity contribution in [1.82, 2.24) is 4.90 Å². The maximum absolute atomic E-state index is 12.1. The standard InChI is InChI=1S/C17H16ClNO2S/c18-14-5-3-13(4-6-14)17-19(16(21)11-22-17)10-9-12-1-7-15(20)8-2-12/h1-8,17,20H,9-11H2. The highest BCUT2D eigenvalue weighted by Gasteiger charge is 2.32. The molecular formula is C17H16ClNO2S. The number of hydrogen-bond donors (Lipinski definition) is 1. The summed E-state index contributed by atoms with van der Waals surface area (Å²) in [6.45, 7) is 0.671.